The number of sulfonamides is 1. The smallest absolute Gasteiger partial charge is 0.212 e. The average Bonchev–Trinajstić information content (AvgIpc) is 2.88. The van der Waals surface area contributed by atoms with Crippen molar-refractivity contribution in [1.29, 1.82) is 0 Å². The summed E-state index contributed by atoms with van der Waals surface area (Å²) in [5.41, 5.74) is 0. The van der Waals surface area contributed by atoms with Gasteiger partial charge in [-0.25, -0.2) is 8.42 Å². The molecule has 0 aromatic heterocycles. The van der Waals surface area contributed by atoms with E-state index in [2.05, 4.69) is 0 Å². The van der Waals surface area contributed by atoms with Crippen LogP contribution in [0.25, 0.3) is 0 Å². The fourth-order valence-electron chi connectivity index (χ4n) is 3.14. The first-order valence-electron chi connectivity index (χ1n) is 6.20. The molecule has 0 bridgehead atoms. The van der Waals surface area contributed by atoms with Gasteiger partial charge in [-0.3, -0.25) is 0 Å². The molecule has 2 aliphatic rings. The highest BCUT2D eigenvalue weighted by atomic mass is 35.5. The second kappa shape index (κ2) is 5.23. The Morgan fingerprint density at radius 2 is 1.81 bits per heavy atom. The Labute approximate surface area is 103 Å². The molecule has 1 unspecified atom stereocenters. The van der Waals surface area contributed by atoms with E-state index in [-0.39, 0.29) is 17.7 Å². The van der Waals surface area contributed by atoms with E-state index in [1.807, 2.05) is 0 Å². The molecule has 1 heterocycles. The third-order valence-electron chi connectivity index (χ3n) is 3.88. The molecule has 0 aromatic carbocycles. The van der Waals surface area contributed by atoms with E-state index in [9.17, 15) is 8.42 Å². The van der Waals surface area contributed by atoms with Crippen LogP contribution in [0.5, 0.6) is 0 Å². The summed E-state index contributed by atoms with van der Waals surface area (Å²) in [6.45, 7) is 0.709. The molecule has 5 heteroatoms. The molecule has 1 aliphatic carbocycles. The highest BCUT2D eigenvalue weighted by Gasteiger charge is 2.38. The first-order chi connectivity index (χ1) is 7.65. The summed E-state index contributed by atoms with van der Waals surface area (Å²) in [5.74, 6) is 0.904. The number of nitrogens with zero attached hydrogens (tertiary/aromatic N) is 1. The first kappa shape index (κ1) is 12.7. The van der Waals surface area contributed by atoms with E-state index in [0.29, 0.717) is 12.5 Å². The first-order valence-corrected chi connectivity index (χ1v) is 8.35. The molecule has 0 spiro atoms. The van der Waals surface area contributed by atoms with Gasteiger partial charge in [-0.1, -0.05) is 12.8 Å². The molecule has 1 aliphatic heterocycles. The Bertz CT molecular complexity index is 325. The lowest BCUT2D eigenvalue weighted by atomic mass is 9.97. The minimum atomic E-state index is -3.10. The maximum Gasteiger partial charge on any atom is 0.215 e. The molecule has 2 fully saturated rings. The van der Waals surface area contributed by atoms with E-state index < -0.39 is 10.0 Å². The predicted molar refractivity (Wildman–Crippen MR) is 66.2 cm³/mol. The van der Waals surface area contributed by atoms with Crippen LogP contribution in [0.1, 0.15) is 38.5 Å². The summed E-state index contributed by atoms with van der Waals surface area (Å²) in [6.07, 6.45) is 7.01. The van der Waals surface area contributed by atoms with Gasteiger partial charge in [0, 0.05) is 18.5 Å². The van der Waals surface area contributed by atoms with Crippen molar-refractivity contribution in [3.63, 3.8) is 0 Å². The van der Waals surface area contributed by atoms with Crippen molar-refractivity contribution in [3.8, 4) is 0 Å². The number of alkyl halides is 1. The summed E-state index contributed by atoms with van der Waals surface area (Å²) in [7, 11) is -3.10. The van der Waals surface area contributed by atoms with Gasteiger partial charge in [-0.2, -0.15) is 4.31 Å². The summed E-state index contributed by atoms with van der Waals surface area (Å²) < 4.78 is 25.8. The van der Waals surface area contributed by atoms with Gasteiger partial charge in [0.25, 0.3) is 0 Å². The Morgan fingerprint density at radius 3 is 2.44 bits per heavy atom. The highest BCUT2D eigenvalue weighted by Crippen LogP contribution is 2.36. The molecule has 94 valence electrons. The lowest BCUT2D eigenvalue weighted by Gasteiger charge is -2.28. The summed E-state index contributed by atoms with van der Waals surface area (Å²) in [6, 6.07) is 0.274. The molecule has 1 saturated heterocycles. The summed E-state index contributed by atoms with van der Waals surface area (Å²) in [5, 5.41) is 0. The van der Waals surface area contributed by atoms with E-state index in [1.165, 1.54) is 25.7 Å². The highest BCUT2D eigenvalue weighted by molar-refractivity contribution is 7.89. The average molecular weight is 266 g/mol. The van der Waals surface area contributed by atoms with Crippen LogP contribution in [0.15, 0.2) is 0 Å². The van der Waals surface area contributed by atoms with Gasteiger partial charge >= 0.3 is 0 Å². The van der Waals surface area contributed by atoms with Crippen molar-refractivity contribution in [3.05, 3.63) is 0 Å². The third kappa shape index (κ3) is 2.54. The van der Waals surface area contributed by atoms with Crippen molar-refractivity contribution in [2.24, 2.45) is 5.92 Å². The van der Waals surface area contributed by atoms with E-state index in [0.717, 1.165) is 12.8 Å². The van der Waals surface area contributed by atoms with Crippen molar-refractivity contribution < 1.29 is 8.42 Å². The normalized spacial score (nSPS) is 28.9. The van der Waals surface area contributed by atoms with Crippen molar-refractivity contribution >= 4 is 21.6 Å². The van der Waals surface area contributed by atoms with Crippen LogP contribution in [0.2, 0.25) is 0 Å². The quantitative estimate of drug-likeness (QED) is 0.731. The molecule has 0 amide bonds. The van der Waals surface area contributed by atoms with E-state index in [1.54, 1.807) is 4.31 Å². The van der Waals surface area contributed by atoms with Crippen molar-refractivity contribution in [2.45, 2.75) is 44.6 Å². The molecule has 0 aromatic rings. The van der Waals surface area contributed by atoms with Crippen LogP contribution in [-0.2, 0) is 10.0 Å². The third-order valence-corrected chi connectivity index (χ3v) is 6.19. The molecular weight excluding hydrogens is 246 g/mol. The van der Waals surface area contributed by atoms with Crippen LogP contribution < -0.4 is 0 Å². The van der Waals surface area contributed by atoms with Crippen molar-refractivity contribution in [2.75, 3.05) is 18.2 Å². The molecule has 2 rings (SSSR count). The summed E-state index contributed by atoms with van der Waals surface area (Å²) >= 11 is 5.57. The second-order valence-corrected chi connectivity index (χ2v) is 7.29. The van der Waals surface area contributed by atoms with Gasteiger partial charge in [0.15, 0.2) is 0 Å². The Morgan fingerprint density at radius 1 is 1.12 bits per heavy atom. The zero-order valence-corrected chi connectivity index (χ0v) is 11.1. The van der Waals surface area contributed by atoms with Crippen LogP contribution in [0.4, 0.5) is 0 Å². The standard InChI is InChI=1S/C11H20ClNO2S/c12-7-9-16(14,15)13-8-3-6-11(13)10-4-1-2-5-10/h10-11H,1-9H2. The second-order valence-electron chi connectivity index (χ2n) is 4.87. The zero-order chi connectivity index (χ0) is 11.6. The molecule has 1 atom stereocenters. The van der Waals surface area contributed by atoms with Gasteiger partial charge in [-0.15, -0.1) is 11.6 Å². The Kier molecular flexibility index (Phi) is 4.14. The van der Waals surface area contributed by atoms with Crippen LogP contribution in [0.3, 0.4) is 0 Å². The van der Waals surface area contributed by atoms with Crippen molar-refractivity contribution in [1.82, 2.24) is 4.31 Å². The van der Waals surface area contributed by atoms with E-state index >= 15 is 0 Å². The minimum absolute atomic E-state index is 0.0950. The molecule has 3 nitrogen and oxygen atoms in total. The van der Waals surface area contributed by atoms with Crippen LogP contribution >= 0.6 is 11.6 Å². The predicted octanol–water partition coefficient (Wildman–Crippen LogP) is 2.21. The monoisotopic (exact) mass is 265 g/mol. The molecule has 0 radical (unpaired) electrons. The lowest BCUT2D eigenvalue weighted by Crippen LogP contribution is -2.40. The van der Waals surface area contributed by atoms with Gasteiger partial charge in [0.2, 0.25) is 10.0 Å². The van der Waals surface area contributed by atoms with E-state index in [4.69, 9.17) is 11.6 Å². The topological polar surface area (TPSA) is 37.4 Å². The van der Waals surface area contributed by atoms with Gasteiger partial charge in [0.05, 0.1) is 5.75 Å². The lowest BCUT2D eigenvalue weighted by molar-refractivity contribution is 0.288. The maximum absolute atomic E-state index is 12.0. The van der Waals surface area contributed by atoms with Crippen LogP contribution in [-0.4, -0.2) is 36.9 Å². The number of hydrogen-bond donors (Lipinski definition) is 0. The Balaban J connectivity index is 2.08. The SMILES string of the molecule is O=S(=O)(CCCl)N1CCCC1C1CCCC1. The molecular formula is C11H20ClNO2S. The molecule has 0 N–H and O–H groups in total. The number of rotatable bonds is 4. The van der Waals surface area contributed by atoms with Gasteiger partial charge in [0.1, 0.15) is 0 Å². The Hall–Kier alpha value is 0.200. The fourth-order valence-corrected chi connectivity index (χ4v) is 5.25. The fraction of sp³-hybridized carbons (Fsp3) is 1.00. The number of hydrogen-bond acceptors (Lipinski definition) is 2. The summed E-state index contributed by atoms with van der Waals surface area (Å²) in [4.78, 5) is 0. The van der Waals surface area contributed by atoms with Gasteiger partial charge in [-0.05, 0) is 31.6 Å². The maximum atomic E-state index is 12.0. The van der Waals surface area contributed by atoms with Gasteiger partial charge < -0.3 is 0 Å². The molecule has 16 heavy (non-hydrogen) atoms. The minimum Gasteiger partial charge on any atom is -0.212 e. The zero-order valence-electron chi connectivity index (χ0n) is 9.57. The number of halogens is 1. The largest absolute Gasteiger partial charge is 0.215 e. The van der Waals surface area contributed by atoms with Crippen LogP contribution in [0, 0.1) is 5.92 Å². The molecule has 1 saturated carbocycles.